The average molecular weight is 199 g/mol. The molecule has 1 saturated heterocycles. The highest BCUT2D eigenvalue weighted by molar-refractivity contribution is 7.11. The minimum atomic E-state index is -0.378. The van der Waals surface area contributed by atoms with Gasteiger partial charge in [-0.25, -0.2) is 0 Å². The van der Waals surface area contributed by atoms with Crippen molar-refractivity contribution in [3.63, 3.8) is 0 Å². The fourth-order valence-corrected chi connectivity index (χ4v) is 1.85. The highest BCUT2D eigenvalue weighted by Crippen LogP contribution is 2.13. The third-order valence-corrected chi connectivity index (χ3v) is 2.67. The Labute approximate surface area is 79.0 Å². The molecule has 5 nitrogen and oxygen atoms in total. The van der Waals surface area contributed by atoms with Crippen LogP contribution in [0.3, 0.4) is 0 Å². The van der Waals surface area contributed by atoms with Crippen LogP contribution in [0.25, 0.3) is 0 Å². The van der Waals surface area contributed by atoms with Gasteiger partial charge < -0.3 is 10.0 Å². The summed E-state index contributed by atoms with van der Waals surface area (Å²) in [6.45, 7) is 1.03. The molecular weight excluding hydrogens is 190 g/mol. The van der Waals surface area contributed by atoms with E-state index < -0.39 is 0 Å². The number of likely N-dealkylation sites (tertiary alicyclic amines) is 1. The molecule has 1 aliphatic rings. The Morgan fingerprint density at radius 1 is 1.77 bits per heavy atom. The summed E-state index contributed by atoms with van der Waals surface area (Å²) in [4.78, 5) is 13.2. The molecule has 1 fully saturated rings. The predicted molar refractivity (Wildman–Crippen MR) is 46.4 cm³/mol. The van der Waals surface area contributed by atoms with Crippen molar-refractivity contribution >= 4 is 17.2 Å². The van der Waals surface area contributed by atoms with Crippen molar-refractivity contribution in [2.24, 2.45) is 0 Å². The molecule has 2 rings (SSSR count). The van der Waals surface area contributed by atoms with E-state index in [-0.39, 0.29) is 12.0 Å². The van der Waals surface area contributed by atoms with Crippen LogP contribution >= 0.6 is 11.3 Å². The molecule has 1 unspecified atom stereocenters. The molecule has 2 heterocycles. The van der Waals surface area contributed by atoms with Crippen molar-refractivity contribution in [1.82, 2.24) is 15.1 Å². The number of rotatable bonds is 1. The number of carbonyl (C=O) groups is 1. The van der Waals surface area contributed by atoms with Gasteiger partial charge in [0.05, 0.1) is 6.10 Å². The van der Waals surface area contributed by atoms with E-state index >= 15 is 0 Å². The lowest BCUT2D eigenvalue weighted by molar-refractivity contribution is 0.0764. The zero-order valence-electron chi connectivity index (χ0n) is 6.88. The number of hydrogen-bond acceptors (Lipinski definition) is 5. The first-order valence-corrected chi connectivity index (χ1v) is 4.89. The monoisotopic (exact) mass is 199 g/mol. The second-order valence-corrected chi connectivity index (χ2v) is 3.77. The van der Waals surface area contributed by atoms with Crippen LogP contribution in [-0.4, -0.2) is 45.3 Å². The fourth-order valence-electron chi connectivity index (χ4n) is 1.33. The van der Waals surface area contributed by atoms with Crippen LogP contribution in [-0.2, 0) is 0 Å². The molecule has 0 radical (unpaired) electrons. The summed E-state index contributed by atoms with van der Waals surface area (Å²) in [5.41, 5.74) is 1.53. The van der Waals surface area contributed by atoms with E-state index in [2.05, 4.69) is 10.2 Å². The minimum absolute atomic E-state index is 0.126. The van der Waals surface area contributed by atoms with Crippen molar-refractivity contribution in [2.75, 3.05) is 13.1 Å². The van der Waals surface area contributed by atoms with E-state index in [4.69, 9.17) is 0 Å². The van der Waals surface area contributed by atoms with Gasteiger partial charge in [-0.05, 0) is 6.42 Å². The number of aromatic nitrogens is 2. The summed E-state index contributed by atoms with van der Waals surface area (Å²) in [7, 11) is 0. The maximum Gasteiger partial charge on any atom is 0.284 e. The van der Waals surface area contributed by atoms with Gasteiger partial charge in [-0.3, -0.25) is 4.79 Å². The molecule has 70 valence electrons. The van der Waals surface area contributed by atoms with Gasteiger partial charge in [0.2, 0.25) is 5.01 Å². The normalized spacial score (nSPS) is 22.2. The van der Waals surface area contributed by atoms with Crippen molar-refractivity contribution in [3.8, 4) is 0 Å². The number of aliphatic hydroxyl groups excluding tert-OH is 1. The first-order chi connectivity index (χ1) is 6.27. The van der Waals surface area contributed by atoms with Gasteiger partial charge in [0.1, 0.15) is 5.51 Å². The molecule has 1 N–H and O–H groups in total. The van der Waals surface area contributed by atoms with E-state index in [0.717, 1.165) is 0 Å². The molecular formula is C7H9N3O2S. The van der Waals surface area contributed by atoms with Gasteiger partial charge in [-0.1, -0.05) is 11.3 Å². The topological polar surface area (TPSA) is 66.3 Å². The number of hydrogen-bond donors (Lipinski definition) is 1. The van der Waals surface area contributed by atoms with Crippen LogP contribution in [0, 0.1) is 0 Å². The maximum atomic E-state index is 11.6. The van der Waals surface area contributed by atoms with Crippen molar-refractivity contribution in [1.29, 1.82) is 0 Å². The van der Waals surface area contributed by atoms with Gasteiger partial charge in [-0.2, -0.15) is 0 Å². The molecule has 0 saturated carbocycles. The molecule has 0 spiro atoms. The van der Waals surface area contributed by atoms with Gasteiger partial charge in [0.15, 0.2) is 0 Å². The maximum absolute atomic E-state index is 11.6. The standard InChI is InChI=1S/C7H9N3O2S/c11-5-1-2-10(3-5)7(12)6-9-8-4-13-6/h4-5,11H,1-3H2. The van der Waals surface area contributed by atoms with Crippen molar-refractivity contribution in [3.05, 3.63) is 10.5 Å². The molecule has 0 bridgehead atoms. The summed E-state index contributed by atoms with van der Waals surface area (Å²) in [5, 5.41) is 16.9. The minimum Gasteiger partial charge on any atom is -0.391 e. The lowest BCUT2D eigenvalue weighted by Gasteiger charge is -2.12. The van der Waals surface area contributed by atoms with Crippen molar-refractivity contribution < 1.29 is 9.90 Å². The van der Waals surface area contributed by atoms with Gasteiger partial charge in [-0.15, -0.1) is 10.2 Å². The summed E-state index contributed by atoms with van der Waals surface area (Å²) >= 11 is 1.22. The highest BCUT2D eigenvalue weighted by Gasteiger charge is 2.26. The Kier molecular flexibility index (Phi) is 2.24. The van der Waals surface area contributed by atoms with Gasteiger partial charge in [0.25, 0.3) is 5.91 Å². The quantitative estimate of drug-likeness (QED) is 0.677. The molecule has 1 aromatic heterocycles. The molecule has 0 aromatic carbocycles. The van der Waals surface area contributed by atoms with Crippen LogP contribution in [0.5, 0.6) is 0 Å². The lowest BCUT2D eigenvalue weighted by Crippen LogP contribution is -2.29. The van der Waals surface area contributed by atoms with Crippen LogP contribution < -0.4 is 0 Å². The third kappa shape index (κ3) is 1.68. The Morgan fingerprint density at radius 2 is 2.62 bits per heavy atom. The number of aliphatic hydroxyl groups is 1. The number of amides is 1. The fraction of sp³-hybridized carbons (Fsp3) is 0.571. The summed E-state index contributed by atoms with van der Waals surface area (Å²) < 4.78 is 0. The van der Waals surface area contributed by atoms with Crippen LogP contribution in [0.1, 0.15) is 16.2 Å². The second kappa shape index (κ2) is 3.39. The Morgan fingerprint density at radius 3 is 3.15 bits per heavy atom. The molecule has 1 aromatic rings. The third-order valence-electron chi connectivity index (χ3n) is 1.99. The lowest BCUT2D eigenvalue weighted by atomic mass is 10.3. The van der Waals surface area contributed by atoms with Gasteiger partial charge >= 0.3 is 0 Å². The summed E-state index contributed by atoms with van der Waals surface area (Å²) in [5.74, 6) is -0.126. The van der Waals surface area contributed by atoms with E-state index in [9.17, 15) is 9.90 Å². The SMILES string of the molecule is O=C(c1nncs1)N1CCC(O)C1. The van der Waals surface area contributed by atoms with E-state index in [1.807, 2.05) is 0 Å². The number of β-amino-alcohol motifs (C(OH)–C–C–N with tert-alkyl or cyclic N) is 1. The Bertz CT molecular complexity index is 301. The predicted octanol–water partition coefficient (Wildman–Crippen LogP) is -0.255. The summed E-state index contributed by atoms with van der Waals surface area (Å²) in [6, 6.07) is 0. The molecule has 1 atom stereocenters. The van der Waals surface area contributed by atoms with Crippen LogP contribution in [0.4, 0.5) is 0 Å². The Hall–Kier alpha value is -1.01. The van der Waals surface area contributed by atoms with Crippen molar-refractivity contribution in [2.45, 2.75) is 12.5 Å². The first-order valence-electron chi connectivity index (χ1n) is 4.01. The Balaban J connectivity index is 2.06. The first kappa shape index (κ1) is 8.58. The average Bonchev–Trinajstić information content (AvgIpc) is 2.72. The molecule has 1 amide bonds. The van der Waals surface area contributed by atoms with E-state index in [0.29, 0.717) is 24.5 Å². The van der Waals surface area contributed by atoms with E-state index in [1.165, 1.54) is 16.8 Å². The second-order valence-electron chi connectivity index (χ2n) is 2.94. The molecule has 1 aliphatic heterocycles. The smallest absolute Gasteiger partial charge is 0.284 e. The van der Waals surface area contributed by atoms with Crippen LogP contribution in [0.2, 0.25) is 0 Å². The largest absolute Gasteiger partial charge is 0.391 e. The number of nitrogens with zero attached hydrogens (tertiary/aromatic N) is 3. The zero-order chi connectivity index (χ0) is 9.26. The van der Waals surface area contributed by atoms with Crippen LogP contribution in [0.15, 0.2) is 5.51 Å². The highest BCUT2D eigenvalue weighted by atomic mass is 32.1. The molecule has 0 aliphatic carbocycles. The zero-order valence-corrected chi connectivity index (χ0v) is 7.70. The molecule has 6 heteroatoms. The van der Waals surface area contributed by atoms with E-state index in [1.54, 1.807) is 4.90 Å². The number of carbonyl (C=O) groups excluding carboxylic acids is 1. The van der Waals surface area contributed by atoms with Gasteiger partial charge in [0, 0.05) is 13.1 Å². The molecule has 13 heavy (non-hydrogen) atoms. The summed E-state index contributed by atoms with van der Waals surface area (Å²) in [6.07, 6.45) is 0.279.